The van der Waals surface area contributed by atoms with E-state index in [2.05, 4.69) is 46.1 Å². The van der Waals surface area contributed by atoms with Crippen molar-refractivity contribution >= 4 is 23.2 Å². The third kappa shape index (κ3) is 3.40. The Hall–Kier alpha value is -3.13. The molecule has 0 spiro atoms. The highest BCUT2D eigenvalue weighted by molar-refractivity contribution is 7.99. The number of para-hydroxylation sites is 1. The van der Waals surface area contributed by atoms with Crippen molar-refractivity contribution in [3.8, 4) is 11.4 Å². The molecule has 0 unspecified atom stereocenters. The molecular weight excluding hydrogens is 384 g/mol. The normalized spacial score (nSPS) is 16.2. The smallest absolute Gasteiger partial charge is 0.210 e. The minimum atomic E-state index is -0.229. The van der Waals surface area contributed by atoms with Crippen LogP contribution in [0.5, 0.6) is 0 Å². The minimum absolute atomic E-state index is 0.00339. The Morgan fingerprint density at radius 2 is 2.00 bits per heavy atom. The maximum atomic E-state index is 12.7. The Bertz CT molecular complexity index is 1090. The maximum absolute atomic E-state index is 12.7. The monoisotopic (exact) mass is 406 g/mol. The van der Waals surface area contributed by atoms with E-state index in [0.717, 1.165) is 16.9 Å². The summed E-state index contributed by atoms with van der Waals surface area (Å²) < 4.78 is 1.39. The second kappa shape index (κ2) is 7.36. The van der Waals surface area contributed by atoms with Crippen LogP contribution in [0.4, 0.5) is 5.69 Å². The number of allylic oxidation sites excluding steroid dienone is 2. The fourth-order valence-corrected chi connectivity index (χ4v) is 4.33. The Kier molecular flexibility index (Phi) is 4.87. The van der Waals surface area contributed by atoms with Gasteiger partial charge in [0.15, 0.2) is 11.6 Å². The lowest BCUT2D eigenvalue weighted by atomic mass is 9.83. The number of pyridine rings is 1. The molecule has 1 aliphatic rings. The summed E-state index contributed by atoms with van der Waals surface area (Å²) in [6.07, 6.45) is 5.09. The summed E-state index contributed by atoms with van der Waals surface area (Å²) in [4.78, 5) is 18.9. The predicted molar refractivity (Wildman–Crippen MR) is 115 cm³/mol. The van der Waals surface area contributed by atoms with Crippen molar-refractivity contribution in [1.29, 1.82) is 0 Å². The molecule has 8 heteroatoms. The molecule has 2 N–H and O–H groups in total. The van der Waals surface area contributed by atoms with Crippen LogP contribution >= 0.6 is 11.8 Å². The Morgan fingerprint density at radius 1 is 1.21 bits per heavy atom. The van der Waals surface area contributed by atoms with Crippen LogP contribution in [0.2, 0.25) is 0 Å². The summed E-state index contributed by atoms with van der Waals surface area (Å²) in [7, 11) is 2.00. The van der Waals surface area contributed by atoms with Gasteiger partial charge in [-0.1, -0.05) is 43.8 Å². The number of hydrogen-bond acceptors (Lipinski definition) is 7. The van der Waals surface area contributed by atoms with Gasteiger partial charge in [0.05, 0.1) is 5.75 Å². The first kappa shape index (κ1) is 19.2. The second-order valence-electron chi connectivity index (χ2n) is 7.40. The summed E-state index contributed by atoms with van der Waals surface area (Å²) in [6.45, 7) is 4.27. The lowest BCUT2D eigenvalue weighted by Crippen LogP contribution is -2.24. The zero-order chi connectivity index (χ0) is 20.6. The van der Waals surface area contributed by atoms with Gasteiger partial charge in [-0.25, -0.2) is 4.68 Å². The van der Waals surface area contributed by atoms with Crippen LogP contribution in [-0.2, 0) is 10.2 Å². The summed E-state index contributed by atoms with van der Waals surface area (Å²) in [5, 5.41) is 8.72. The summed E-state index contributed by atoms with van der Waals surface area (Å²) in [5.74, 6) is 6.86. The number of benzene rings is 1. The van der Waals surface area contributed by atoms with Crippen LogP contribution in [0.25, 0.3) is 11.4 Å². The third-order valence-electron chi connectivity index (χ3n) is 5.17. The molecule has 0 atom stereocenters. The van der Waals surface area contributed by atoms with Gasteiger partial charge < -0.3 is 10.7 Å². The van der Waals surface area contributed by atoms with Gasteiger partial charge in [0.1, 0.15) is 0 Å². The van der Waals surface area contributed by atoms with Gasteiger partial charge in [-0.3, -0.25) is 9.78 Å². The van der Waals surface area contributed by atoms with Gasteiger partial charge in [-0.2, -0.15) is 0 Å². The SMILES string of the molecule is CN1C(=CC(=O)CSc2nnc(-c3cccnc3)n2N)C(C)(C)c2ccccc21. The first-order valence-corrected chi connectivity index (χ1v) is 10.2. The molecule has 7 nitrogen and oxygen atoms in total. The van der Waals surface area contributed by atoms with Gasteiger partial charge in [0.2, 0.25) is 5.16 Å². The van der Waals surface area contributed by atoms with Gasteiger partial charge in [-0.05, 0) is 23.8 Å². The number of nitrogens with two attached hydrogens (primary N) is 1. The molecule has 2 aromatic heterocycles. The topological polar surface area (TPSA) is 89.9 Å². The average molecular weight is 407 g/mol. The number of nitrogen functional groups attached to an aromatic ring is 1. The van der Waals surface area contributed by atoms with E-state index in [1.54, 1.807) is 18.5 Å². The second-order valence-corrected chi connectivity index (χ2v) is 8.35. The molecule has 0 fully saturated rings. The summed E-state index contributed by atoms with van der Waals surface area (Å²) >= 11 is 1.27. The van der Waals surface area contributed by atoms with E-state index < -0.39 is 0 Å². The lowest BCUT2D eigenvalue weighted by molar-refractivity contribution is -0.112. The van der Waals surface area contributed by atoms with Gasteiger partial charge in [0, 0.05) is 47.9 Å². The molecule has 0 saturated heterocycles. The predicted octanol–water partition coefficient (Wildman–Crippen LogP) is 3.03. The quantitative estimate of drug-likeness (QED) is 0.396. The van der Waals surface area contributed by atoms with Crippen LogP contribution in [0, 0.1) is 0 Å². The first-order valence-electron chi connectivity index (χ1n) is 9.21. The zero-order valence-electron chi connectivity index (χ0n) is 16.5. The number of hydrogen-bond donors (Lipinski definition) is 1. The molecule has 29 heavy (non-hydrogen) atoms. The molecule has 0 amide bonds. The standard InChI is InChI=1S/C21H22N6OS/c1-21(2)16-8-4-5-9-17(16)26(3)18(21)11-15(28)13-29-20-25-24-19(27(20)22)14-7-6-10-23-12-14/h4-12H,13,22H2,1-3H3. The number of thioether (sulfide) groups is 1. The molecule has 148 valence electrons. The van der Waals surface area contributed by atoms with Crippen molar-refractivity contribution in [2.75, 3.05) is 23.5 Å². The molecule has 3 aromatic rings. The number of ketones is 1. The molecule has 1 aliphatic heterocycles. The van der Waals surface area contributed by atoms with Gasteiger partial charge in [0.25, 0.3) is 0 Å². The summed E-state index contributed by atoms with van der Waals surface area (Å²) in [6, 6.07) is 11.9. The van der Waals surface area contributed by atoms with E-state index in [0.29, 0.717) is 11.0 Å². The molecule has 0 aliphatic carbocycles. The Balaban J connectivity index is 1.50. The molecule has 0 bridgehead atoms. The highest BCUT2D eigenvalue weighted by atomic mass is 32.2. The van der Waals surface area contributed by atoms with Crippen molar-refractivity contribution in [2.45, 2.75) is 24.4 Å². The maximum Gasteiger partial charge on any atom is 0.210 e. The average Bonchev–Trinajstić information content (AvgIpc) is 3.18. The Morgan fingerprint density at radius 3 is 2.72 bits per heavy atom. The van der Waals surface area contributed by atoms with E-state index in [4.69, 9.17) is 5.84 Å². The van der Waals surface area contributed by atoms with E-state index >= 15 is 0 Å². The van der Waals surface area contributed by atoms with E-state index in [9.17, 15) is 4.79 Å². The molecule has 1 aromatic carbocycles. The number of aromatic nitrogens is 4. The van der Waals surface area contributed by atoms with Crippen molar-refractivity contribution in [3.63, 3.8) is 0 Å². The molecule has 4 rings (SSSR count). The number of carbonyl (C=O) groups is 1. The van der Waals surface area contributed by atoms with E-state index in [1.165, 1.54) is 22.0 Å². The third-order valence-corrected chi connectivity index (χ3v) is 6.13. The van der Waals surface area contributed by atoms with Crippen molar-refractivity contribution in [2.24, 2.45) is 0 Å². The zero-order valence-corrected chi connectivity index (χ0v) is 17.3. The van der Waals surface area contributed by atoms with E-state index in [-0.39, 0.29) is 17.0 Å². The molecular formula is C21H22N6OS. The van der Waals surface area contributed by atoms with Crippen molar-refractivity contribution in [3.05, 3.63) is 66.1 Å². The minimum Gasteiger partial charge on any atom is -0.347 e. The van der Waals surface area contributed by atoms with Crippen molar-refractivity contribution < 1.29 is 4.79 Å². The number of nitrogens with zero attached hydrogens (tertiary/aromatic N) is 5. The fraction of sp³-hybridized carbons (Fsp3) is 0.238. The largest absolute Gasteiger partial charge is 0.347 e. The fourth-order valence-electron chi connectivity index (χ4n) is 3.66. The number of carbonyl (C=O) groups excluding carboxylic acids is 1. The number of fused-ring (bicyclic) bond motifs is 1. The molecule has 0 radical (unpaired) electrons. The van der Waals surface area contributed by atoms with Gasteiger partial charge in [-0.15, -0.1) is 10.2 Å². The number of anilines is 1. The summed E-state index contributed by atoms with van der Waals surface area (Å²) in [5.41, 5.74) is 3.88. The number of rotatable bonds is 5. The Labute approximate surface area is 173 Å². The van der Waals surface area contributed by atoms with E-state index in [1.807, 2.05) is 31.3 Å². The highest BCUT2D eigenvalue weighted by Gasteiger charge is 2.38. The van der Waals surface area contributed by atoms with Crippen LogP contribution in [0.1, 0.15) is 19.4 Å². The van der Waals surface area contributed by atoms with Gasteiger partial charge >= 0.3 is 0 Å². The first-order chi connectivity index (χ1) is 13.9. The lowest BCUT2D eigenvalue weighted by Gasteiger charge is -2.23. The molecule has 0 saturated carbocycles. The number of likely N-dealkylation sites (N-methyl/N-ethyl adjacent to an activating group) is 1. The van der Waals surface area contributed by atoms with Crippen LogP contribution in [0.3, 0.4) is 0 Å². The van der Waals surface area contributed by atoms with Crippen LogP contribution in [-0.4, -0.2) is 38.4 Å². The molecule has 3 heterocycles. The van der Waals surface area contributed by atoms with Crippen LogP contribution in [0.15, 0.2) is 65.7 Å². The highest BCUT2D eigenvalue weighted by Crippen LogP contribution is 2.46. The van der Waals surface area contributed by atoms with Crippen LogP contribution < -0.4 is 10.7 Å². The van der Waals surface area contributed by atoms with Crippen molar-refractivity contribution in [1.82, 2.24) is 19.9 Å².